The van der Waals surface area contributed by atoms with E-state index in [-0.39, 0.29) is 5.78 Å². The van der Waals surface area contributed by atoms with Crippen molar-refractivity contribution in [3.05, 3.63) is 29.6 Å². The molecule has 0 saturated heterocycles. The maximum absolute atomic E-state index is 10.8. The average Bonchev–Trinajstić information content (AvgIpc) is 2.63. The van der Waals surface area contributed by atoms with Crippen LogP contribution < -0.4 is 5.32 Å². The van der Waals surface area contributed by atoms with E-state index in [2.05, 4.69) is 27.4 Å². The summed E-state index contributed by atoms with van der Waals surface area (Å²) in [6.07, 6.45) is 0.589. The molecule has 2 aromatic rings. The number of benzene rings is 1. The van der Waals surface area contributed by atoms with E-state index < -0.39 is 0 Å². The SMILES string of the molecule is CC(=O)CCNCc1ccc2nc(C)[nH]c2c1. The van der Waals surface area contributed by atoms with Crippen LogP contribution in [0.4, 0.5) is 0 Å². The van der Waals surface area contributed by atoms with Crippen molar-refractivity contribution >= 4 is 16.8 Å². The normalized spacial score (nSPS) is 10.9. The molecule has 2 rings (SSSR count). The third kappa shape index (κ3) is 3.14. The van der Waals surface area contributed by atoms with E-state index in [9.17, 15) is 4.79 Å². The summed E-state index contributed by atoms with van der Waals surface area (Å²) >= 11 is 0. The number of carbonyl (C=O) groups is 1. The highest BCUT2D eigenvalue weighted by atomic mass is 16.1. The van der Waals surface area contributed by atoms with Crippen molar-refractivity contribution in [2.24, 2.45) is 0 Å². The standard InChI is InChI=1S/C13H17N3O/c1-9(17)5-6-14-8-11-3-4-12-13(7-11)16-10(2)15-12/h3-4,7,14H,5-6,8H2,1-2H3,(H,15,16). The number of fused-ring (bicyclic) bond motifs is 1. The Morgan fingerprint density at radius 2 is 2.29 bits per heavy atom. The molecule has 0 unspecified atom stereocenters. The minimum Gasteiger partial charge on any atom is -0.342 e. The van der Waals surface area contributed by atoms with Crippen molar-refractivity contribution in [2.45, 2.75) is 26.8 Å². The number of nitrogens with zero attached hydrogens (tertiary/aromatic N) is 1. The topological polar surface area (TPSA) is 57.8 Å². The molecular weight excluding hydrogens is 214 g/mol. The minimum atomic E-state index is 0.220. The van der Waals surface area contributed by atoms with E-state index in [0.717, 1.165) is 29.9 Å². The molecule has 0 radical (unpaired) electrons. The number of aromatic nitrogens is 2. The maximum atomic E-state index is 10.8. The van der Waals surface area contributed by atoms with Crippen LogP contribution in [0.5, 0.6) is 0 Å². The highest BCUT2D eigenvalue weighted by Crippen LogP contribution is 2.13. The number of carbonyl (C=O) groups excluding carboxylic acids is 1. The number of ketones is 1. The molecule has 0 aliphatic heterocycles. The van der Waals surface area contributed by atoms with Gasteiger partial charge in [-0.1, -0.05) is 6.07 Å². The lowest BCUT2D eigenvalue weighted by Gasteiger charge is -2.03. The number of hydrogen-bond acceptors (Lipinski definition) is 3. The van der Waals surface area contributed by atoms with Gasteiger partial charge in [0.05, 0.1) is 11.0 Å². The van der Waals surface area contributed by atoms with Crippen molar-refractivity contribution in [3.63, 3.8) is 0 Å². The molecule has 0 atom stereocenters. The van der Waals surface area contributed by atoms with Crippen molar-refractivity contribution in [3.8, 4) is 0 Å². The smallest absolute Gasteiger partial charge is 0.131 e. The van der Waals surface area contributed by atoms with Crippen LogP contribution in [0.1, 0.15) is 24.7 Å². The lowest BCUT2D eigenvalue weighted by Crippen LogP contribution is -2.16. The van der Waals surface area contributed by atoms with Crippen LogP contribution in [0.2, 0.25) is 0 Å². The summed E-state index contributed by atoms with van der Waals surface area (Å²) < 4.78 is 0. The van der Waals surface area contributed by atoms with Crippen LogP contribution >= 0.6 is 0 Å². The number of nitrogens with one attached hydrogen (secondary N) is 2. The van der Waals surface area contributed by atoms with E-state index in [0.29, 0.717) is 6.42 Å². The maximum Gasteiger partial charge on any atom is 0.131 e. The van der Waals surface area contributed by atoms with Gasteiger partial charge in [0.25, 0.3) is 0 Å². The molecule has 0 saturated carbocycles. The summed E-state index contributed by atoms with van der Waals surface area (Å²) in [5, 5.41) is 3.25. The van der Waals surface area contributed by atoms with Gasteiger partial charge in [-0.3, -0.25) is 4.79 Å². The van der Waals surface area contributed by atoms with Crippen LogP contribution in [-0.2, 0) is 11.3 Å². The predicted octanol–water partition coefficient (Wildman–Crippen LogP) is 1.94. The summed E-state index contributed by atoms with van der Waals surface area (Å²) in [4.78, 5) is 18.3. The van der Waals surface area contributed by atoms with E-state index >= 15 is 0 Å². The molecular formula is C13H17N3O. The molecule has 0 fully saturated rings. The van der Waals surface area contributed by atoms with E-state index in [1.165, 1.54) is 5.56 Å². The van der Waals surface area contributed by atoms with Gasteiger partial charge in [0, 0.05) is 19.5 Å². The van der Waals surface area contributed by atoms with E-state index in [4.69, 9.17) is 0 Å². The van der Waals surface area contributed by atoms with Crippen LogP contribution in [0.15, 0.2) is 18.2 Å². The van der Waals surface area contributed by atoms with Crippen LogP contribution in [0, 0.1) is 6.92 Å². The average molecular weight is 231 g/mol. The molecule has 1 aromatic heterocycles. The fourth-order valence-electron chi connectivity index (χ4n) is 1.79. The van der Waals surface area contributed by atoms with Crippen LogP contribution in [-0.4, -0.2) is 22.3 Å². The minimum absolute atomic E-state index is 0.220. The molecule has 17 heavy (non-hydrogen) atoms. The Labute approximate surface area is 100 Å². The molecule has 90 valence electrons. The second kappa shape index (κ2) is 5.10. The Balaban J connectivity index is 1.96. The molecule has 1 aromatic carbocycles. The van der Waals surface area contributed by atoms with E-state index in [1.54, 1.807) is 6.92 Å². The van der Waals surface area contributed by atoms with Crippen molar-refractivity contribution < 1.29 is 4.79 Å². The second-order valence-electron chi connectivity index (χ2n) is 4.30. The molecule has 4 heteroatoms. The molecule has 0 aliphatic rings. The van der Waals surface area contributed by atoms with E-state index in [1.807, 2.05) is 13.0 Å². The number of Topliss-reactive ketones (excluding diaryl/α,β-unsaturated/α-hetero) is 1. The summed E-state index contributed by atoms with van der Waals surface area (Å²) in [5.41, 5.74) is 3.26. The summed E-state index contributed by atoms with van der Waals surface area (Å²) in [5.74, 6) is 1.15. The number of imidazole rings is 1. The highest BCUT2D eigenvalue weighted by Gasteiger charge is 2.00. The first-order valence-electron chi connectivity index (χ1n) is 5.80. The molecule has 0 amide bonds. The third-order valence-corrected chi connectivity index (χ3v) is 2.65. The quantitative estimate of drug-likeness (QED) is 0.773. The lowest BCUT2D eigenvalue weighted by atomic mass is 10.2. The zero-order chi connectivity index (χ0) is 12.3. The number of H-pyrrole nitrogens is 1. The van der Waals surface area contributed by atoms with Crippen molar-refractivity contribution in [1.29, 1.82) is 0 Å². The second-order valence-corrected chi connectivity index (χ2v) is 4.30. The number of aryl methyl sites for hydroxylation is 1. The van der Waals surface area contributed by atoms with Crippen LogP contribution in [0.3, 0.4) is 0 Å². The Morgan fingerprint density at radius 1 is 1.47 bits per heavy atom. The third-order valence-electron chi connectivity index (χ3n) is 2.65. The predicted molar refractivity (Wildman–Crippen MR) is 67.8 cm³/mol. The van der Waals surface area contributed by atoms with Crippen molar-refractivity contribution in [1.82, 2.24) is 15.3 Å². The van der Waals surface area contributed by atoms with Gasteiger partial charge in [0.1, 0.15) is 11.6 Å². The van der Waals surface area contributed by atoms with Crippen molar-refractivity contribution in [2.75, 3.05) is 6.54 Å². The number of hydrogen-bond donors (Lipinski definition) is 2. The molecule has 1 heterocycles. The zero-order valence-corrected chi connectivity index (χ0v) is 10.2. The molecule has 0 aliphatic carbocycles. The first kappa shape index (κ1) is 11.8. The Morgan fingerprint density at radius 3 is 3.06 bits per heavy atom. The van der Waals surface area contributed by atoms with Gasteiger partial charge < -0.3 is 10.3 Å². The number of rotatable bonds is 5. The molecule has 0 bridgehead atoms. The lowest BCUT2D eigenvalue weighted by molar-refractivity contribution is -0.116. The fourth-order valence-corrected chi connectivity index (χ4v) is 1.79. The Hall–Kier alpha value is -1.68. The van der Waals surface area contributed by atoms with Gasteiger partial charge in [0.15, 0.2) is 0 Å². The fraction of sp³-hybridized carbons (Fsp3) is 0.385. The monoisotopic (exact) mass is 231 g/mol. The summed E-state index contributed by atoms with van der Waals surface area (Å²) in [7, 11) is 0. The van der Waals surface area contributed by atoms with Gasteiger partial charge in [0.2, 0.25) is 0 Å². The van der Waals surface area contributed by atoms with Gasteiger partial charge >= 0.3 is 0 Å². The van der Waals surface area contributed by atoms with Crippen LogP contribution in [0.25, 0.3) is 11.0 Å². The number of aromatic amines is 1. The largest absolute Gasteiger partial charge is 0.342 e. The summed E-state index contributed by atoms with van der Waals surface area (Å²) in [6, 6.07) is 6.17. The first-order chi connectivity index (χ1) is 8.15. The van der Waals surface area contributed by atoms with Gasteiger partial charge in [-0.05, 0) is 31.5 Å². The first-order valence-corrected chi connectivity index (χ1v) is 5.80. The molecule has 4 nitrogen and oxygen atoms in total. The highest BCUT2D eigenvalue weighted by molar-refractivity contribution is 5.76. The zero-order valence-electron chi connectivity index (χ0n) is 10.2. The Bertz CT molecular complexity index is 530. The van der Waals surface area contributed by atoms with Gasteiger partial charge in [-0.2, -0.15) is 0 Å². The molecule has 2 N–H and O–H groups in total. The van der Waals surface area contributed by atoms with Gasteiger partial charge in [-0.25, -0.2) is 4.98 Å². The molecule has 0 spiro atoms. The van der Waals surface area contributed by atoms with Gasteiger partial charge in [-0.15, -0.1) is 0 Å². The summed E-state index contributed by atoms with van der Waals surface area (Å²) in [6.45, 7) is 5.07. The Kier molecular flexibility index (Phi) is 3.54.